The molecule has 3 amide bonds. The number of rotatable bonds is 12. The highest BCUT2D eigenvalue weighted by Gasteiger charge is 2.29. The molecule has 2 aromatic carbocycles. The molecule has 9 nitrogen and oxygen atoms in total. The average molecular weight is 458 g/mol. The van der Waals surface area contributed by atoms with Crippen molar-refractivity contribution in [3.63, 3.8) is 0 Å². The predicted octanol–water partition coefficient (Wildman–Crippen LogP) is 0.888. The van der Waals surface area contributed by atoms with Gasteiger partial charge in [0.2, 0.25) is 5.91 Å². The third-order valence-electron chi connectivity index (χ3n) is 4.91. The first-order chi connectivity index (χ1) is 15.9. The Hall–Kier alpha value is -3.43. The molecule has 2 aromatic rings. The fraction of sp³-hybridized carbons (Fsp3) is 0.375. The number of benzene rings is 2. The predicted molar refractivity (Wildman–Crippen MR) is 122 cm³/mol. The van der Waals surface area contributed by atoms with E-state index < -0.39 is 36.1 Å². The van der Waals surface area contributed by atoms with E-state index in [-0.39, 0.29) is 19.6 Å². The molecular weight excluding hydrogens is 426 g/mol. The van der Waals surface area contributed by atoms with E-state index >= 15 is 0 Å². The number of hydrogen-bond acceptors (Lipinski definition) is 6. The van der Waals surface area contributed by atoms with Crippen LogP contribution in [0.1, 0.15) is 24.5 Å². The molecule has 0 fully saturated rings. The van der Waals surface area contributed by atoms with E-state index in [1.54, 1.807) is 12.1 Å². The van der Waals surface area contributed by atoms with Crippen LogP contribution in [0.25, 0.3) is 0 Å². The van der Waals surface area contributed by atoms with Crippen LogP contribution < -0.4 is 16.0 Å². The molecule has 5 N–H and O–H groups in total. The van der Waals surface area contributed by atoms with Crippen LogP contribution in [0.4, 0.5) is 4.79 Å². The maximum Gasteiger partial charge on any atom is 0.408 e. The normalized spacial score (nSPS) is 13.3. The van der Waals surface area contributed by atoms with Gasteiger partial charge in [-0.15, -0.1) is 0 Å². The van der Waals surface area contributed by atoms with Gasteiger partial charge in [-0.05, 0) is 30.9 Å². The summed E-state index contributed by atoms with van der Waals surface area (Å²) in [5, 5.41) is 27.2. The van der Waals surface area contributed by atoms with Crippen molar-refractivity contribution in [3.05, 3.63) is 71.8 Å². The topological polar surface area (TPSA) is 137 Å². The molecule has 33 heavy (non-hydrogen) atoms. The van der Waals surface area contributed by atoms with Crippen molar-refractivity contribution in [2.45, 2.75) is 44.6 Å². The second-order valence-electron chi connectivity index (χ2n) is 7.53. The number of amides is 3. The number of ether oxygens (including phenoxy) is 1. The zero-order valence-electron chi connectivity index (χ0n) is 18.6. The Kier molecular flexibility index (Phi) is 10.9. The van der Waals surface area contributed by atoms with Gasteiger partial charge in [0.25, 0.3) is 5.91 Å². The highest BCUT2D eigenvalue weighted by Crippen LogP contribution is 2.04. The quantitative estimate of drug-likeness (QED) is 0.321. The molecule has 0 aliphatic carbocycles. The first-order valence-corrected chi connectivity index (χ1v) is 10.8. The minimum atomic E-state index is -1.56. The minimum absolute atomic E-state index is 0.0375. The number of aliphatic hydroxyl groups excluding tert-OH is 2. The van der Waals surface area contributed by atoms with Crippen LogP contribution in [0.15, 0.2) is 60.7 Å². The van der Waals surface area contributed by atoms with Crippen molar-refractivity contribution in [1.82, 2.24) is 16.0 Å². The van der Waals surface area contributed by atoms with Gasteiger partial charge in [-0.25, -0.2) is 4.79 Å². The van der Waals surface area contributed by atoms with E-state index in [9.17, 15) is 24.6 Å². The van der Waals surface area contributed by atoms with Gasteiger partial charge in [0, 0.05) is 13.2 Å². The number of carbonyl (C=O) groups is 3. The molecule has 0 aliphatic rings. The monoisotopic (exact) mass is 457 g/mol. The molecular formula is C24H31N3O6. The van der Waals surface area contributed by atoms with Crippen LogP contribution in [0, 0.1) is 0 Å². The van der Waals surface area contributed by atoms with E-state index in [0.29, 0.717) is 13.0 Å². The van der Waals surface area contributed by atoms with Crippen molar-refractivity contribution in [2.24, 2.45) is 0 Å². The average Bonchev–Trinajstić information content (AvgIpc) is 2.83. The number of alkyl carbamates (subject to hydrolysis) is 1. The van der Waals surface area contributed by atoms with Crippen LogP contribution in [-0.2, 0) is 27.4 Å². The van der Waals surface area contributed by atoms with Crippen LogP contribution in [0.5, 0.6) is 0 Å². The van der Waals surface area contributed by atoms with Crippen molar-refractivity contribution in [1.29, 1.82) is 0 Å². The zero-order chi connectivity index (χ0) is 24.1. The second-order valence-corrected chi connectivity index (χ2v) is 7.53. The van der Waals surface area contributed by atoms with Crippen LogP contribution in [0.3, 0.4) is 0 Å². The Bertz CT molecular complexity index is 878. The van der Waals surface area contributed by atoms with E-state index in [2.05, 4.69) is 16.0 Å². The summed E-state index contributed by atoms with van der Waals surface area (Å²) < 4.78 is 5.08. The lowest BCUT2D eigenvalue weighted by molar-refractivity contribution is -0.132. The molecule has 0 radical (unpaired) electrons. The van der Waals surface area contributed by atoms with Crippen LogP contribution in [0.2, 0.25) is 0 Å². The van der Waals surface area contributed by atoms with Crippen molar-refractivity contribution in [2.75, 3.05) is 13.2 Å². The van der Waals surface area contributed by atoms with Gasteiger partial charge >= 0.3 is 6.09 Å². The van der Waals surface area contributed by atoms with Gasteiger partial charge in [0.05, 0.1) is 6.04 Å². The van der Waals surface area contributed by atoms with E-state index in [4.69, 9.17) is 4.74 Å². The molecule has 0 aliphatic heterocycles. The summed E-state index contributed by atoms with van der Waals surface area (Å²) in [6.07, 6.45) is -1.79. The Morgan fingerprint density at radius 1 is 0.909 bits per heavy atom. The van der Waals surface area contributed by atoms with Gasteiger partial charge in [-0.2, -0.15) is 0 Å². The lowest BCUT2D eigenvalue weighted by atomic mass is 10.1. The molecule has 0 saturated heterocycles. The Labute approximate surface area is 193 Å². The van der Waals surface area contributed by atoms with Crippen molar-refractivity contribution in [3.8, 4) is 0 Å². The molecule has 0 aromatic heterocycles. The minimum Gasteiger partial charge on any atom is -0.445 e. The summed E-state index contributed by atoms with van der Waals surface area (Å²) in [5.74, 6) is -1.28. The van der Waals surface area contributed by atoms with Gasteiger partial charge in [0.15, 0.2) is 6.10 Å². The summed E-state index contributed by atoms with van der Waals surface area (Å²) in [6, 6.07) is 16.6. The van der Waals surface area contributed by atoms with Gasteiger partial charge in [0.1, 0.15) is 12.6 Å². The molecule has 0 heterocycles. The highest BCUT2D eigenvalue weighted by atomic mass is 16.5. The molecule has 2 rings (SSSR count). The molecule has 0 bridgehead atoms. The fourth-order valence-corrected chi connectivity index (χ4v) is 3.02. The van der Waals surface area contributed by atoms with E-state index in [1.807, 2.05) is 48.5 Å². The largest absolute Gasteiger partial charge is 0.445 e. The lowest BCUT2D eigenvalue weighted by Crippen LogP contribution is -2.55. The molecule has 0 spiro atoms. The first kappa shape index (κ1) is 25.8. The lowest BCUT2D eigenvalue weighted by Gasteiger charge is -2.24. The number of aliphatic hydroxyl groups is 2. The van der Waals surface area contributed by atoms with E-state index in [1.165, 1.54) is 6.92 Å². The standard InChI is InChI=1S/C24H31N3O6/c1-17(26-24(32)33-16-19-10-6-3-7-11-19)22(30)27-20(13-15-28)21(29)23(31)25-14-12-18-8-4-2-5-9-18/h2-11,17,20-21,28-29H,12-16H2,1H3,(H,25,31)(H,26,32)(H,27,30)/t17-,20?,21?/m0/s1. The SMILES string of the molecule is C[C@H](NC(=O)OCc1ccccc1)C(=O)NC(CCO)C(O)C(=O)NCCc1ccccc1. The van der Waals surface area contributed by atoms with Crippen molar-refractivity contribution >= 4 is 17.9 Å². The number of nitrogens with one attached hydrogen (secondary N) is 3. The molecule has 9 heteroatoms. The number of hydrogen-bond donors (Lipinski definition) is 5. The summed E-state index contributed by atoms with van der Waals surface area (Å²) >= 11 is 0. The smallest absolute Gasteiger partial charge is 0.408 e. The maximum atomic E-state index is 12.5. The van der Waals surface area contributed by atoms with Gasteiger partial charge in [-0.1, -0.05) is 60.7 Å². The molecule has 0 saturated carbocycles. The Morgan fingerprint density at radius 3 is 2.12 bits per heavy atom. The summed E-state index contributed by atoms with van der Waals surface area (Å²) in [6.45, 7) is 1.46. The summed E-state index contributed by atoms with van der Waals surface area (Å²) in [7, 11) is 0. The second kappa shape index (κ2) is 13.9. The Morgan fingerprint density at radius 2 is 1.52 bits per heavy atom. The maximum absolute atomic E-state index is 12.5. The molecule has 3 atom stereocenters. The fourth-order valence-electron chi connectivity index (χ4n) is 3.02. The van der Waals surface area contributed by atoms with E-state index in [0.717, 1.165) is 11.1 Å². The van der Waals surface area contributed by atoms with Gasteiger partial charge < -0.3 is 30.9 Å². The molecule has 2 unspecified atom stereocenters. The van der Waals surface area contributed by atoms with Crippen LogP contribution >= 0.6 is 0 Å². The van der Waals surface area contributed by atoms with Crippen LogP contribution in [-0.4, -0.2) is 59.5 Å². The third-order valence-corrected chi connectivity index (χ3v) is 4.91. The third kappa shape index (κ3) is 9.30. The zero-order valence-corrected chi connectivity index (χ0v) is 18.6. The Balaban J connectivity index is 1.79. The molecule has 178 valence electrons. The first-order valence-electron chi connectivity index (χ1n) is 10.8. The van der Waals surface area contributed by atoms with Gasteiger partial charge in [-0.3, -0.25) is 9.59 Å². The summed E-state index contributed by atoms with van der Waals surface area (Å²) in [5.41, 5.74) is 1.83. The highest BCUT2D eigenvalue weighted by molar-refractivity contribution is 5.87. The van der Waals surface area contributed by atoms with Crippen molar-refractivity contribution < 1.29 is 29.3 Å². The summed E-state index contributed by atoms with van der Waals surface area (Å²) in [4.78, 5) is 36.7. The number of carbonyl (C=O) groups excluding carboxylic acids is 3.